The lowest BCUT2D eigenvalue weighted by atomic mass is 10.2. The molecular weight excluding hydrogens is 247 g/mol. The summed E-state index contributed by atoms with van der Waals surface area (Å²) in [5.74, 6) is 0. The highest BCUT2D eigenvalue weighted by Crippen LogP contribution is 2.23. The van der Waals surface area contributed by atoms with E-state index >= 15 is 0 Å². The molecule has 0 bridgehead atoms. The van der Waals surface area contributed by atoms with Gasteiger partial charge in [-0.05, 0) is 46.6 Å². The second-order valence-corrected chi connectivity index (χ2v) is 3.87. The summed E-state index contributed by atoms with van der Waals surface area (Å²) in [6.45, 7) is 1.08. The third-order valence-electron chi connectivity index (χ3n) is 1.88. The molecule has 0 aliphatic heterocycles. The van der Waals surface area contributed by atoms with Gasteiger partial charge in [0.05, 0.1) is 0 Å². The molecule has 0 aliphatic carbocycles. The van der Waals surface area contributed by atoms with Crippen molar-refractivity contribution in [1.82, 2.24) is 0 Å². The fraction of sp³-hybridized carbons (Fsp3) is 0.400. The Morgan fingerprint density at radius 1 is 1.43 bits per heavy atom. The average Bonchev–Trinajstić information content (AvgIpc) is 2.20. The highest BCUT2D eigenvalue weighted by Gasteiger charge is 2.00. The molecule has 0 radical (unpaired) electrons. The van der Waals surface area contributed by atoms with Gasteiger partial charge in [0.15, 0.2) is 0 Å². The van der Waals surface area contributed by atoms with E-state index in [9.17, 15) is 4.39 Å². The van der Waals surface area contributed by atoms with Gasteiger partial charge in [-0.3, -0.25) is 0 Å². The molecule has 0 amide bonds. The summed E-state index contributed by atoms with van der Waals surface area (Å²) in [7, 11) is 0. The first-order valence-corrected chi connectivity index (χ1v) is 5.35. The van der Waals surface area contributed by atoms with Crippen LogP contribution >= 0.6 is 15.9 Å². The van der Waals surface area contributed by atoms with Gasteiger partial charge in [0, 0.05) is 16.7 Å². The number of benzene rings is 1. The van der Waals surface area contributed by atoms with Gasteiger partial charge in [-0.15, -0.1) is 0 Å². The summed E-state index contributed by atoms with van der Waals surface area (Å²) in [4.78, 5) is 0. The number of rotatable bonds is 5. The van der Waals surface area contributed by atoms with E-state index in [2.05, 4.69) is 21.2 Å². The number of alkyl halides is 1. The van der Waals surface area contributed by atoms with Gasteiger partial charge in [-0.1, -0.05) is 6.07 Å². The number of nitrogens with two attached hydrogens (primary N) is 1. The number of hydrogen-bond donors (Lipinski definition) is 2. The van der Waals surface area contributed by atoms with Crippen molar-refractivity contribution in [2.45, 2.75) is 13.1 Å². The normalized spacial score (nSPS) is 10.2. The molecule has 0 atom stereocenters. The van der Waals surface area contributed by atoms with Crippen molar-refractivity contribution >= 4 is 21.6 Å². The van der Waals surface area contributed by atoms with Crippen LogP contribution in [0.3, 0.4) is 0 Å². The second-order valence-electron chi connectivity index (χ2n) is 3.02. The Balaban J connectivity index is 2.59. The molecule has 1 rings (SSSR count). The van der Waals surface area contributed by atoms with E-state index in [0.717, 1.165) is 23.1 Å². The summed E-state index contributed by atoms with van der Waals surface area (Å²) < 4.78 is 13.2. The van der Waals surface area contributed by atoms with Crippen LogP contribution in [0.4, 0.5) is 10.1 Å². The number of hydrogen-bond acceptors (Lipinski definition) is 2. The van der Waals surface area contributed by atoms with Gasteiger partial charge in [-0.2, -0.15) is 0 Å². The molecule has 14 heavy (non-hydrogen) atoms. The molecule has 4 heteroatoms. The third-order valence-corrected chi connectivity index (χ3v) is 2.54. The van der Waals surface area contributed by atoms with E-state index in [1.165, 1.54) is 0 Å². The fourth-order valence-electron chi connectivity index (χ4n) is 1.11. The van der Waals surface area contributed by atoms with E-state index in [0.29, 0.717) is 12.1 Å². The average molecular weight is 261 g/mol. The third kappa shape index (κ3) is 3.27. The Kier molecular flexibility index (Phi) is 4.90. The molecule has 3 N–H and O–H groups in total. The molecule has 0 aromatic heterocycles. The molecule has 0 spiro atoms. The van der Waals surface area contributed by atoms with Crippen LogP contribution in [0, 0.1) is 0 Å². The first-order chi connectivity index (χ1) is 6.77. The zero-order chi connectivity index (χ0) is 10.4. The van der Waals surface area contributed by atoms with Crippen molar-refractivity contribution < 1.29 is 4.39 Å². The lowest BCUT2D eigenvalue weighted by Crippen LogP contribution is -2.08. The minimum atomic E-state index is -0.429. The van der Waals surface area contributed by atoms with Crippen LogP contribution in [-0.4, -0.2) is 13.1 Å². The smallest absolute Gasteiger partial charge is 0.115 e. The standard InChI is InChI=1S/C10H14BrFN2/c11-9-6-8(7-12)2-3-10(9)14-5-1-4-13/h2-3,6,14H,1,4-5,7,13H2. The van der Waals surface area contributed by atoms with Crippen LogP contribution in [0.5, 0.6) is 0 Å². The molecular formula is C10H14BrFN2. The van der Waals surface area contributed by atoms with E-state index in [-0.39, 0.29) is 0 Å². The highest BCUT2D eigenvalue weighted by atomic mass is 79.9. The van der Waals surface area contributed by atoms with Crippen molar-refractivity contribution in [3.8, 4) is 0 Å². The van der Waals surface area contributed by atoms with E-state index in [4.69, 9.17) is 5.73 Å². The Morgan fingerprint density at radius 3 is 2.79 bits per heavy atom. The first kappa shape index (κ1) is 11.5. The number of anilines is 1. The predicted octanol–water partition coefficient (Wildman–Crippen LogP) is 2.68. The molecule has 0 saturated carbocycles. The van der Waals surface area contributed by atoms with Gasteiger partial charge < -0.3 is 11.1 Å². The molecule has 0 fully saturated rings. The van der Waals surface area contributed by atoms with E-state index < -0.39 is 6.67 Å². The Hall–Kier alpha value is -0.610. The van der Waals surface area contributed by atoms with Crippen LogP contribution in [0.2, 0.25) is 0 Å². The van der Waals surface area contributed by atoms with Crippen molar-refractivity contribution in [2.24, 2.45) is 5.73 Å². The molecule has 1 aromatic rings. The SMILES string of the molecule is NCCCNc1ccc(CF)cc1Br. The largest absolute Gasteiger partial charge is 0.384 e. The van der Waals surface area contributed by atoms with Gasteiger partial charge >= 0.3 is 0 Å². The molecule has 0 heterocycles. The molecule has 78 valence electrons. The van der Waals surface area contributed by atoms with Crippen LogP contribution in [-0.2, 0) is 6.67 Å². The molecule has 0 unspecified atom stereocenters. The van der Waals surface area contributed by atoms with Crippen molar-refractivity contribution in [3.05, 3.63) is 28.2 Å². The maximum atomic E-state index is 12.3. The molecule has 2 nitrogen and oxygen atoms in total. The first-order valence-electron chi connectivity index (χ1n) is 4.56. The van der Waals surface area contributed by atoms with Crippen molar-refractivity contribution in [1.29, 1.82) is 0 Å². The molecule has 1 aromatic carbocycles. The summed E-state index contributed by atoms with van der Waals surface area (Å²) in [5, 5.41) is 3.22. The maximum Gasteiger partial charge on any atom is 0.115 e. The monoisotopic (exact) mass is 260 g/mol. The summed E-state index contributed by atoms with van der Waals surface area (Å²) >= 11 is 3.38. The minimum absolute atomic E-state index is 0.429. The Labute approximate surface area is 91.8 Å². The zero-order valence-corrected chi connectivity index (χ0v) is 9.48. The zero-order valence-electron chi connectivity index (χ0n) is 7.89. The summed E-state index contributed by atoms with van der Waals surface area (Å²) in [6.07, 6.45) is 0.928. The predicted molar refractivity (Wildman–Crippen MR) is 61.1 cm³/mol. The summed E-state index contributed by atoms with van der Waals surface area (Å²) in [6, 6.07) is 5.43. The topological polar surface area (TPSA) is 38.0 Å². The quantitative estimate of drug-likeness (QED) is 0.800. The second kappa shape index (κ2) is 5.98. The van der Waals surface area contributed by atoms with Crippen LogP contribution in [0.25, 0.3) is 0 Å². The van der Waals surface area contributed by atoms with Gasteiger partial charge in [0.2, 0.25) is 0 Å². The molecule has 0 aliphatic rings. The van der Waals surface area contributed by atoms with Crippen LogP contribution in [0.15, 0.2) is 22.7 Å². The number of halogens is 2. The maximum absolute atomic E-state index is 12.3. The minimum Gasteiger partial charge on any atom is -0.384 e. The Bertz CT molecular complexity index is 291. The van der Waals surface area contributed by atoms with Gasteiger partial charge in [0.25, 0.3) is 0 Å². The summed E-state index contributed by atoms with van der Waals surface area (Å²) in [5.41, 5.74) is 7.04. The molecule has 0 saturated heterocycles. The van der Waals surface area contributed by atoms with Crippen molar-refractivity contribution in [3.63, 3.8) is 0 Å². The fourth-order valence-corrected chi connectivity index (χ4v) is 1.68. The lowest BCUT2D eigenvalue weighted by molar-refractivity contribution is 0.485. The van der Waals surface area contributed by atoms with Gasteiger partial charge in [0.1, 0.15) is 6.67 Å². The van der Waals surface area contributed by atoms with Crippen LogP contribution in [0.1, 0.15) is 12.0 Å². The Morgan fingerprint density at radius 2 is 2.21 bits per heavy atom. The van der Waals surface area contributed by atoms with E-state index in [1.807, 2.05) is 6.07 Å². The van der Waals surface area contributed by atoms with Crippen molar-refractivity contribution in [2.75, 3.05) is 18.4 Å². The number of nitrogens with one attached hydrogen (secondary N) is 1. The van der Waals surface area contributed by atoms with E-state index in [1.54, 1.807) is 12.1 Å². The highest BCUT2D eigenvalue weighted by molar-refractivity contribution is 9.10. The van der Waals surface area contributed by atoms with Gasteiger partial charge in [-0.25, -0.2) is 4.39 Å². The van der Waals surface area contributed by atoms with Crippen LogP contribution < -0.4 is 11.1 Å². The lowest BCUT2D eigenvalue weighted by Gasteiger charge is -2.08.